The van der Waals surface area contributed by atoms with Crippen LogP contribution in [0.3, 0.4) is 0 Å². The Hall–Kier alpha value is -3.22. The van der Waals surface area contributed by atoms with Gasteiger partial charge in [0.1, 0.15) is 18.1 Å². The summed E-state index contributed by atoms with van der Waals surface area (Å²) in [5.41, 5.74) is 1.38. The first-order valence-corrected chi connectivity index (χ1v) is 8.57. The van der Waals surface area contributed by atoms with E-state index in [1.807, 2.05) is 46.1 Å². The minimum Gasteiger partial charge on any atom is -0.487 e. The Labute approximate surface area is 151 Å². The number of hydrogen-bond acceptors (Lipinski definition) is 5. The van der Waals surface area contributed by atoms with Gasteiger partial charge in [0, 0.05) is 25.5 Å². The van der Waals surface area contributed by atoms with Crippen LogP contribution < -0.4 is 4.74 Å². The van der Waals surface area contributed by atoms with Gasteiger partial charge >= 0.3 is 0 Å². The fourth-order valence-electron chi connectivity index (χ4n) is 3.05. The molecule has 2 aromatic heterocycles. The molecule has 0 spiro atoms. The topological polar surface area (TPSA) is 73.1 Å². The van der Waals surface area contributed by atoms with E-state index < -0.39 is 0 Å². The Morgan fingerprint density at radius 3 is 2.88 bits per heavy atom. The molecule has 1 aromatic carbocycles. The number of carbonyl (C=O) groups is 1. The second kappa shape index (κ2) is 7.35. The number of pyridine rings is 1. The van der Waals surface area contributed by atoms with E-state index in [1.165, 1.54) is 0 Å². The van der Waals surface area contributed by atoms with Crippen molar-refractivity contribution in [1.82, 2.24) is 24.9 Å². The Balaban J connectivity index is 1.36. The maximum atomic E-state index is 12.5. The summed E-state index contributed by atoms with van der Waals surface area (Å²) < 4.78 is 7.53. The standard InChI is InChI=1S/C19H19N5O2/c25-19(15-5-4-9-20-11-15)23-10-8-17(13-23)24-12-16(21-22-24)14-26-18-6-2-1-3-7-18/h1-7,9,11-12,17H,8,10,13-14H2. The van der Waals surface area contributed by atoms with Crippen LogP contribution in [0.5, 0.6) is 5.75 Å². The highest BCUT2D eigenvalue weighted by Crippen LogP contribution is 2.22. The third-order valence-corrected chi connectivity index (χ3v) is 4.42. The van der Waals surface area contributed by atoms with Crippen molar-refractivity contribution in [2.45, 2.75) is 19.1 Å². The molecule has 4 rings (SSSR count). The van der Waals surface area contributed by atoms with Crippen LogP contribution >= 0.6 is 0 Å². The normalized spacial score (nSPS) is 16.6. The van der Waals surface area contributed by atoms with Gasteiger partial charge in [0.2, 0.25) is 0 Å². The Morgan fingerprint density at radius 2 is 2.08 bits per heavy atom. The molecular weight excluding hydrogens is 330 g/mol. The smallest absolute Gasteiger partial charge is 0.255 e. The molecule has 3 heterocycles. The average Bonchev–Trinajstić information content (AvgIpc) is 3.37. The zero-order valence-electron chi connectivity index (χ0n) is 14.2. The van der Waals surface area contributed by atoms with E-state index in [9.17, 15) is 4.79 Å². The third-order valence-electron chi connectivity index (χ3n) is 4.42. The summed E-state index contributed by atoms with van der Waals surface area (Å²) in [5, 5.41) is 8.39. The molecule has 0 aliphatic carbocycles. The maximum absolute atomic E-state index is 12.5. The van der Waals surface area contributed by atoms with Crippen molar-refractivity contribution in [2.24, 2.45) is 0 Å². The predicted octanol–water partition coefficient (Wildman–Crippen LogP) is 2.34. The van der Waals surface area contributed by atoms with Crippen LogP contribution in [-0.4, -0.2) is 43.9 Å². The molecule has 3 aromatic rings. The van der Waals surface area contributed by atoms with Gasteiger partial charge in [-0.1, -0.05) is 23.4 Å². The van der Waals surface area contributed by atoms with Crippen molar-refractivity contribution < 1.29 is 9.53 Å². The Bertz CT molecular complexity index is 866. The third kappa shape index (κ3) is 3.56. The van der Waals surface area contributed by atoms with Crippen LogP contribution in [0.4, 0.5) is 0 Å². The molecule has 1 saturated heterocycles. The summed E-state index contributed by atoms with van der Waals surface area (Å²) in [5.74, 6) is 0.810. The highest BCUT2D eigenvalue weighted by molar-refractivity contribution is 5.94. The molecule has 0 N–H and O–H groups in total. The van der Waals surface area contributed by atoms with Crippen molar-refractivity contribution in [3.05, 3.63) is 72.3 Å². The Kier molecular flexibility index (Phi) is 4.59. The summed E-state index contributed by atoms with van der Waals surface area (Å²) in [6.45, 7) is 1.69. The van der Waals surface area contributed by atoms with E-state index in [0.29, 0.717) is 25.3 Å². The van der Waals surface area contributed by atoms with Gasteiger partial charge in [0.25, 0.3) is 5.91 Å². The van der Waals surface area contributed by atoms with E-state index in [4.69, 9.17) is 4.74 Å². The monoisotopic (exact) mass is 349 g/mol. The number of ether oxygens (including phenoxy) is 1. The van der Waals surface area contributed by atoms with Crippen LogP contribution in [0.15, 0.2) is 61.1 Å². The first-order valence-electron chi connectivity index (χ1n) is 8.57. The van der Waals surface area contributed by atoms with Crippen molar-refractivity contribution in [3.63, 3.8) is 0 Å². The van der Waals surface area contributed by atoms with E-state index in [1.54, 1.807) is 24.5 Å². The summed E-state index contributed by atoms with van der Waals surface area (Å²) >= 11 is 0. The van der Waals surface area contributed by atoms with Crippen LogP contribution in [0.25, 0.3) is 0 Å². The molecule has 132 valence electrons. The number of carbonyl (C=O) groups excluding carboxylic acids is 1. The van der Waals surface area contributed by atoms with Crippen molar-refractivity contribution >= 4 is 5.91 Å². The van der Waals surface area contributed by atoms with E-state index in [2.05, 4.69) is 15.3 Å². The van der Waals surface area contributed by atoms with E-state index >= 15 is 0 Å². The van der Waals surface area contributed by atoms with Crippen LogP contribution in [0.1, 0.15) is 28.5 Å². The van der Waals surface area contributed by atoms with Gasteiger partial charge < -0.3 is 9.64 Å². The molecular formula is C19H19N5O2. The first kappa shape index (κ1) is 16.3. The zero-order valence-corrected chi connectivity index (χ0v) is 14.2. The van der Waals surface area contributed by atoms with Gasteiger partial charge in [0.15, 0.2) is 0 Å². The quantitative estimate of drug-likeness (QED) is 0.707. The fourth-order valence-corrected chi connectivity index (χ4v) is 3.05. The largest absolute Gasteiger partial charge is 0.487 e. The first-order chi connectivity index (χ1) is 12.8. The summed E-state index contributed by atoms with van der Waals surface area (Å²) in [6.07, 6.45) is 6.02. The number of amides is 1. The molecule has 26 heavy (non-hydrogen) atoms. The average molecular weight is 349 g/mol. The number of para-hydroxylation sites is 1. The minimum atomic E-state index is 0.00773. The number of nitrogens with zero attached hydrogens (tertiary/aromatic N) is 5. The SMILES string of the molecule is O=C(c1cccnc1)N1CCC(n2cc(COc3ccccc3)nn2)C1. The molecule has 7 heteroatoms. The van der Waals surface area contributed by atoms with Gasteiger partial charge in [0.05, 0.1) is 17.8 Å². The summed E-state index contributed by atoms with van der Waals surface area (Å²) in [7, 11) is 0. The number of aromatic nitrogens is 4. The molecule has 1 amide bonds. The van der Waals surface area contributed by atoms with Crippen LogP contribution in [-0.2, 0) is 6.61 Å². The molecule has 7 nitrogen and oxygen atoms in total. The zero-order chi connectivity index (χ0) is 17.8. The van der Waals surface area contributed by atoms with Crippen molar-refractivity contribution in [3.8, 4) is 5.75 Å². The van der Waals surface area contributed by atoms with E-state index in [0.717, 1.165) is 17.9 Å². The molecule has 0 radical (unpaired) electrons. The number of benzene rings is 1. The lowest BCUT2D eigenvalue weighted by atomic mass is 10.2. The molecule has 1 fully saturated rings. The van der Waals surface area contributed by atoms with Crippen LogP contribution in [0.2, 0.25) is 0 Å². The van der Waals surface area contributed by atoms with Gasteiger partial charge in [-0.15, -0.1) is 5.10 Å². The molecule has 1 unspecified atom stereocenters. The van der Waals surface area contributed by atoms with Crippen molar-refractivity contribution in [1.29, 1.82) is 0 Å². The molecule has 0 bridgehead atoms. The molecule has 1 aliphatic rings. The van der Waals surface area contributed by atoms with Gasteiger partial charge in [-0.2, -0.15) is 0 Å². The molecule has 1 atom stereocenters. The van der Waals surface area contributed by atoms with Crippen LogP contribution in [0, 0.1) is 0 Å². The van der Waals surface area contributed by atoms with Gasteiger partial charge in [-0.25, -0.2) is 4.68 Å². The predicted molar refractivity (Wildman–Crippen MR) is 94.6 cm³/mol. The summed E-state index contributed by atoms with van der Waals surface area (Å²) in [4.78, 5) is 18.4. The highest BCUT2D eigenvalue weighted by atomic mass is 16.5. The number of rotatable bonds is 5. The molecule has 0 saturated carbocycles. The fraction of sp³-hybridized carbons (Fsp3) is 0.263. The lowest BCUT2D eigenvalue weighted by molar-refractivity contribution is 0.0786. The lowest BCUT2D eigenvalue weighted by Gasteiger charge is -2.16. The van der Waals surface area contributed by atoms with Gasteiger partial charge in [-0.3, -0.25) is 9.78 Å². The Morgan fingerprint density at radius 1 is 1.19 bits per heavy atom. The maximum Gasteiger partial charge on any atom is 0.255 e. The van der Waals surface area contributed by atoms with E-state index in [-0.39, 0.29) is 11.9 Å². The summed E-state index contributed by atoms with van der Waals surface area (Å²) in [6, 6.07) is 13.3. The lowest BCUT2D eigenvalue weighted by Crippen LogP contribution is -2.29. The second-order valence-corrected chi connectivity index (χ2v) is 6.23. The highest BCUT2D eigenvalue weighted by Gasteiger charge is 2.29. The molecule has 1 aliphatic heterocycles. The van der Waals surface area contributed by atoms with Gasteiger partial charge in [-0.05, 0) is 30.7 Å². The second-order valence-electron chi connectivity index (χ2n) is 6.23. The number of hydrogen-bond donors (Lipinski definition) is 0. The minimum absolute atomic E-state index is 0.00773. The number of likely N-dealkylation sites (tertiary alicyclic amines) is 1. The van der Waals surface area contributed by atoms with Crippen molar-refractivity contribution in [2.75, 3.05) is 13.1 Å².